The van der Waals surface area contributed by atoms with E-state index in [1.807, 2.05) is 14.1 Å². The number of carbonyl (C=O) groups is 2. The van der Waals surface area contributed by atoms with E-state index in [0.29, 0.717) is 29.3 Å². The highest BCUT2D eigenvalue weighted by Crippen LogP contribution is 2.27. The van der Waals surface area contributed by atoms with Crippen LogP contribution in [0.5, 0.6) is 11.5 Å². The number of carbonyl (C=O) groups excluding carboxylic acids is 1. The largest absolute Gasteiger partial charge is 0.497 e. The lowest BCUT2D eigenvalue weighted by molar-refractivity contribution is 0.0949. The predicted molar refractivity (Wildman–Crippen MR) is 155 cm³/mol. The molecule has 12 heteroatoms. The Labute approximate surface area is 239 Å². The number of ether oxygens (including phenoxy) is 2. The Morgan fingerprint density at radius 1 is 1.00 bits per heavy atom. The topological polar surface area (TPSA) is 129 Å². The number of amides is 2. The quantitative estimate of drug-likeness (QED) is 0.219. The molecule has 41 heavy (non-hydrogen) atoms. The molecule has 0 fully saturated rings. The number of carboxylic acid groups (broad SMARTS) is 1. The standard InChI is InChI=1S/C29H37FN6O5/c1-35(2)16-8-6-5-7-14-31-27(37)23-11-9-21(18-24(23)30)33-28-32-15-13-26(34-28)36(29(38)39)19-20-17-22(40-3)10-12-25(20)41-4/h9-13,15,17-18H,5-8,14,16,19H2,1-4H3,(H,31,37)(H,38,39)(H,32,33,34). The smallest absolute Gasteiger partial charge is 0.413 e. The number of unbranched alkanes of at least 4 members (excludes halogenated alkanes) is 3. The van der Waals surface area contributed by atoms with E-state index in [1.54, 1.807) is 18.2 Å². The molecule has 0 aliphatic rings. The first-order chi connectivity index (χ1) is 19.7. The van der Waals surface area contributed by atoms with E-state index >= 15 is 0 Å². The SMILES string of the molecule is COc1ccc(OC)c(CN(C(=O)O)c2ccnc(Nc3ccc(C(=O)NCCCCCCN(C)C)c(F)c3)n2)c1. The summed E-state index contributed by atoms with van der Waals surface area (Å²) in [6, 6.07) is 10.6. The fraction of sp³-hybridized carbons (Fsp3) is 0.379. The van der Waals surface area contributed by atoms with Crippen LogP contribution in [0.2, 0.25) is 0 Å². The number of hydrogen-bond acceptors (Lipinski definition) is 8. The van der Waals surface area contributed by atoms with Crippen LogP contribution in [0.15, 0.2) is 48.7 Å². The number of methoxy groups -OCH3 is 2. The van der Waals surface area contributed by atoms with Crippen molar-refractivity contribution in [3.8, 4) is 11.5 Å². The summed E-state index contributed by atoms with van der Waals surface area (Å²) in [7, 11) is 7.08. The Morgan fingerprint density at radius 2 is 1.78 bits per heavy atom. The molecular formula is C29H37FN6O5. The van der Waals surface area contributed by atoms with Crippen molar-refractivity contribution in [3.63, 3.8) is 0 Å². The number of benzene rings is 2. The van der Waals surface area contributed by atoms with E-state index in [4.69, 9.17) is 9.47 Å². The van der Waals surface area contributed by atoms with Gasteiger partial charge in [-0.25, -0.2) is 14.2 Å². The Hall–Kier alpha value is -4.45. The maximum atomic E-state index is 14.8. The maximum absolute atomic E-state index is 14.8. The van der Waals surface area contributed by atoms with Crippen LogP contribution in [0, 0.1) is 5.82 Å². The molecule has 0 unspecified atom stereocenters. The van der Waals surface area contributed by atoms with Crippen LogP contribution in [0.3, 0.4) is 0 Å². The number of nitrogens with zero attached hydrogens (tertiary/aromatic N) is 4. The minimum Gasteiger partial charge on any atom is -0.497 e. The second-order valence-electron chi connectivity index (χ2n) is 9.58. The van der Waals surface area contributed by atoms with Gasteiger partial charge in [-0.2, -0.15) is 4.98 Å². The van der Waals surface area contributed by atoms with Gasteiger partial charge in [0.05, 0.1) is 26.3 Å². The van der Waals surface area contributed by atoms with E-state index in [-0.39, 0.29) is 23.9 Å². The molecule has 3 N–H and O–H groups in total. The van der Waals surface area contributed by atoms with Crippen LogP contribution in [-0.2, 0) is 6.54 Å². The molecule has 0 bridgehead atoms. The van der Waals surface area contributed by atoms with Crippen molar-refractivity contribution in [3.05, 3.63) is 65.6 Å². The number of anilines is 3. The van der Waals surface area contributed by atoms with E-state index in [0.717, 1.165) is 37.1 Å². The molecule has 2 amide bonds. The van der Waals surface area contributed by atoms with Crippen molar-refractivity contribution < 1.29 is 28.6 Å². The number of nitrogens with one attached hydrogen (secondary N) is 2. The molecule has 0 aliphatic carbocycles. The van der Waals surface area contributed by atoms with Gasteiger partial charge in [-0.1, -0.05) is 12.8 Å². The fourth-order valence-electron chi connectivity index (χ4n) is 4.09. The van der Waals surface area contributed by atoms with Gasteiger partial charge in [0.25, 0.3) is 5.91 Å². The van der Waals surface area contributed by atoms with Crippen LogP contribution in [0.4, 0.5) is 26.6 Å². The third-order valence-corrected chi connectivity index (χ3v) is 6.25. The summed E-state index contributed by atoms with van der Waals surface area (Å²) in [5.41, 5.74) is 0.804. The zero-order valence-electron chi connectivity index (χ0n) is 23.8. The van der Waals surface area contributed by atoms with Crippen LogP contribution >= 0.6 is 0 Å². The molecule has 0 aliphatic heterocycles. The van der Waals surface area contributed by atoms with Gasteiger partial charge in [0.1, 0.15) is 23.1 Å². The first-order valence-corrected chi connectivity index (χ1v) is 13.3. The summed E-state index contributed by atoms with van der Waals surface area (Å²) < 4.78 is 25.4. The zero-order chi connectivity index (χ0) is 29.8. The maximum Gasteiger partial charge on any atom is 0.413 e. The molecular weight excluding hydrogens is 531 g/mol. The van der Waals surface area contributed by atoms with Crippen molar-refractivity contribution in [2.75, 3.05) is 51.6 Å². The molecule has 0 saturated carbocycles. The normalized spacial score (nSPS) is 10.8. The highest BCUT2D eigenvalue weighted by atomic mass is 19.1. The summed E-state index contributed by atoms with van der Waals surface area (Å²) in [5, 5.41) is 15.5. The van der Waals surface area contributed by atoms with Gasteiger partial charge in [-0.3, -0.25) is 9.69 Å². The fourth-order valence-corrected chi connectivity index (χ4v) is 4.09. The van der Waals surface area contributed by atoms with Crippen LogP contribution < -0.4 is 25.0 Å². The van der Waals surface area contributed by atoms with Crippen LogP contribution in [0.1, 0.15) is 41.6 Å². The van der Waals surface area contributed by atoms with Crippen molar-refractivity contribution in [2.45, 2.75) is 32.2 Å². The number of hydrogen-bond donors (Lipinski definition) is 3. The van der Waals surface area contributed by atoms with Crippen molar-refractivity contribution in [1.29, 1.82) is 0 Å². The van der Waals surface area contributed by atoms with E-state index in [9.17, 15) is 19.1 Å². The lowest BCUT2D eigenvalue weighted by atomic mass is 10.1. The molecule has 2 aromatic carbocycles. The third-order valence-electron chi connectivity index (χ3n) is 6.25. The first-order valence-electron chi connectivity index (χ1n) is 13.3. The number of aromatic nitrogens is 2. The summed E-state index contributed by atoms with van der Waals surface area (Å²) >= 11 is 0. The Bertz CT molecular complexity index is 1320. The summed E-state index contributed by atoms with van der Waals surface area (Å²) in [6.45, 7) is 1.44. The second-order valence-corrected chi connectivity index (χ2v) is 9.58. The number of rotatable bonds is 15. The molecule has 220 valence electrons. The molecule has 11 nitrogen and oxygen atoms in total. The highest BCUT2D eigenvalue weighted by molar-refractivity contribution is 5.94. The van der Waals surface area contributed by atoms with E-state index in [1.165, 1.54) is 44.7 Å². The van der Waals surface area contributed by atoms with Crippen LogP contribution in [-0.4, -0.2) is 73.4 Å². The monoisotopic (exact) mass is 568 g/mol. The van der Waals surface area contributed by atoms with Gasteiger partial charge in [-0.05, 0) is 75.9 Å². The van der Waals surface area contributed by atoms with E-state index in [2.05, 4.69) is 25.5 Å². The van der Waals surface area contributed by atoms with E-state index < -0.39 is 17.8 Å². The molecule has 0 spiro atoms. The molecule has 0 atom stereocenters. The predicted octanol–water partition coefficient (Wildman–Crippen LogP) is 4.91. The molecule has 0 radical (unpaired) electrons. The molecule has 0 saturated heterocycles. The summed E-state index contributed by atoms with van der Waals surface area (Å²) in [6.07, 6.45) is 4.14. The van der Waals surface area contributed by atoms with Crippen molar-refractivity contribution >= 4 is 29.5 Å². The molecule has 1 heterocycles. The van der Waals surface area contributed by atoms with Gasteiger partial charge in [0.2, 0.25) is 5.95 Å². The lowest BCUT2D eigenvalue weighted by Crippen LogP contribution is -2.29. The van der Waals surface area contributed by atoms with Gasteiger partial charge in [-0.15, -0.1) is 0 Å². The minimum absolute atomic E-state index is 0.0530. The molecule has 3 aromatic rings. The van der Waals surface area contributed by atoms with Crippen molar-refractivity contribution in [1.82, 2.24) is 20.2 Å². The van der Waals surface area contributed by atoms with Crippen molar-refractivity contribution in [2.24, 2.45) is 0 Å². The van der Waals surface area contributed by atoms with Gasteiger partial charge in [0.15, 0.2) is 0 Å². The van der Waals surface area contributed by atoms with Gasteiger partial charge < -0.3 is 30.1 Å². The second kappa shape index (κ2) is 15.4. The Kier molecular flexibility index (Phi) is 11.6. The first kappa shape index (κ1) is 31.1. The average molecular weight is 569 g/mol. The van der Waals surface area contributed by atoms with Crippen LogP contribution in [0.25, 0.3) is 0 Å². The minimum atomic E-state index is -1.24. The average Bonchev–Trinajstić information content (AvgIpc) is 2.95. The summed E-state index contributed by atoms with van der Waals surface area (Å²) in [5.74, 6) is 0.00266. The van der Waals surface area contributed by atoms with Gasteiger partial charge >= 0.3 is 6.09 Å². The summed E-state index contributed by atoms with van der Waals surface area (Å²) in [4.78, 5) is 36.2. The molecule has 1 aromatic heterocycles. The van der Waals surface area contributed by atoms with Gasteiger partial charge in [0, 0.05) is 24.0 Å². The Morgan fingerprint density at radius 3 is 2.46 bits per heavy atom. The molecule has 3 rings (SSSR count). The lowest BCUT2D eigenvalue weighted by Gasteiger charge is -2.20. The Balaban J connectivity index is 1.64. The third kappa shape index (κ3) is 9.31. The number of halogens is 1. The highest BCUT2D eigenvalue weighted by Gasteiger charge is 2.20. The zero-order valence-corrected chi connectivity index (χ0v) is 23.8.